The Kier molecular flexibility index (Phi) is 4.41. The number of nitrogens with one attached hydrogen (secondary N) is 2. The molecule has 19 heavy (non-hydrogen) atoms. The Morgan fingerprint density at radius 2 is 1.84 bits per heavy atom. The number of alkyl halides is 3. The highest BCUT2D eigenvalue weighted by atomic mass is 19.4. The minimum atomic E-state index is -4.52. The standard InChI is InChI=1S/C12H16F3N3O/c1-11(2,16)7-17-10(19)18-9-6-4-3-5-8(9)12(13,14)15/h3-6H,7,16H2,1-2H3,(H2,17,18,19). The topological polar surface area (TPSA) is 67.1 Å². The molecule has 0 saturated heterocycles. The molecule has 0 bridgehead atoms. The Morgan fingerprint density at radius 1 is 1.26 bits per heavy atom. The molecule has 0 fully saturated rings. The predicted molar refractivity (Wildman–Crippen MR) is 66.7 cm³/mol. The number of para-hydroxylation sites is 1. The third-order valence-electron chi connectivity index (χ3n) is 2.19. The summed E-state index contributed by atoms with van der Waals surface area (Å²) in [5.74, 6) is 0. The van der Waals surface area contributed by atoms with E-state index < -0.39 is 23.3 Å². The molecule has 1 rings (SSSR count). The van der Waals surface area contributed by atoms with E-state index in [2.05, 4.69) is 10.6 Å². The van der Waals surface area contributed by atoms with Crippen molar-refractivity contribution in [3.63, 3.8) is 0 Å². The molecule has 0 aliphatic rings. The second kappa shape index (κ2) is 5.48. The van der Waals surface area contributed by atoms with E-state index in [1.807, 2.05) is 0 Å². The Hall–Kier alpha value is -1.76. The molecule has 0 unspecified atom stereocenters. The number of hydrogen-bond acceptors (Lipinski definition) is 2. The first kappa shape index (κ1) is 15.3. The van der Waals surface area contributed by atoms with Gasteiger partial charge in [0.05, 0.1) is 11.3 Å². The molecule has 0 atom stereocenters. The third kappa shape index (κ3) is 5.17. The first-order valence-corrected chi connectivity index (χ1v) is 5.59. The number of carbonyl (C=O) groups excluding carboxylic acids is 1. The fraction of sp³-hybridized carbons (Fsp3) is 0.417. The van der Waals surface area contributed by atoms with Gasteiger partial charge in [-0.05, 0) is 26.0 Å². The maximum Gasteiger partial charge on any atom is 0.418 e. The van der Waals surface area contributed by atoms with E-state index in [0.29, 0.717) is 0 Å². The number of amides is 2. The van der Waals surface area contributed by atoms with E-state index >= 15 is 0 Å². The highest BCUT2D eigenvalue weighted by Gasteiger charge is 2.33. The number of carbonyl (C=O) groups is 1. The Labute approximate surface area is 109 Å². The van der Waals surface area contributed by atoms with Crippen LogP contribution in [0.2, 0.25) is 0 Å². The molecular weight excluding hydrogens is 259 g/mol. The van der Waals surface area contributed by atoms with Crippen molar-refractivity contribution in [2.75, 3.05) is 11.9 Å². The van der Waals surface area contributed by atoms with Gasteiger partial charge in [-0.25, -0.2) is 4.79 Å². The van der Waals surface area contributed by atoms with Crippen LogP contribution in [0.1, 0.15) is 19.4 Å². The van der Waals surface area contributed by atoms with Crippen LogP contribution in [0.3, 0.4) is 0 Å². The van der Waals surface area contributed by atoms with Gasteiger partial charge in [0.1, 0.15) is 0 Å². The molecule has 0 aliphatic heterocycles. The van der Waals surface area contributed by atoms with Crippen LogP contribution in [-0.4, -0.2) is 18.1 Å². The van der Waals surface area contributed by atoms with E-state index in [1.165, 1.54) is 18.2 Å². The van der Waals surface area contributed by atoms with Crippen LogP contribution in [-0.2, 0) is 6.18 Å². The molecular formula is C12H16F3N3O. The lowest BCUT2D eigenvalue weighted by Crippen LogP contribution is -2.46. The van der Waals surface area contributed by atoms with Crippen LogP contribution in [0.5, 0.6) is 0 Å². The van der Waals surface area contributed by atoms with Gasteiger partial charge in [-0.1, -0.05) is 12.1 Å². The lowest BCUT2D eigenvalue weighted by molar-refractivity contribution is -0.136. The maximum atomic E-state index is 12.7. The van der Waals surface area contributed by atoms with Crippen LogP contribution >= 0.6 is 0 Å². The molecule has 1 aromatic carbocycles. The minimum absolute atomic E-state index is 0.146. The van der Waals surface area contributed by atoms with Crippen molar-refractivity contribution in [2.45, 2.75) is 25.6 Å². The number of anilines is 1. The lowest BCUT2D eigenvalue weighted by Gasteiger charge is -2.20. The van der Waals surface area contributed by atoms with Gasteiger partial charge in [-0.15, -0.1) is 0 Å². The Balaban J connectivity index is 2.75. The van der Waals surface area contributed by atoms with Crippen molar-refractivity contribution in [1.82, 2.24) is 5.32 Å². The summed E-state index contributed by atoms with van der Waals surface area (Å²) < 4.78 is 38.0. The first-order valence-electron chi connectivity index (χ1n) is 5.59. The van der Waals surface area contributed by atoms with E-state index in [-0.39, 0.29) is 12.2 Å². The predicted octanol–water partition coefficient (Wildman–Crippen LogP) is 2.56. The summed E-state index contributed by atoms with van der Waals surface area (Å²) in [6, 6.07) is 4.04. The van der Waals surface area contributed by atoms with Gasteiger partial charge >= 0.3 is 12.2 Å². The highest BCUT2D eigenvalue weighted by Crippen LogP contribution is 2.34. The largest absolute Gasteiger partial charge is 0.418 e. The van der Waals surface area contributed by atoms with E-state index in [0.717, 1.165) is 6.07 Å². The second-order valence-corrected chi connectivity index (χ2v) is 4.84. The molecule has 4 N–H and O–H groups in total. The molecule has 0 aromatic heterocycles. The lowest BCUT2D eigenvalue weighted by atomic mass is 10.1. The first-order chi connectivity index (χ1) is 8.59. The Morgan fingerprint density at radius 3 is 2.37 bits per heavy atom. The summed E-state index contributed by atoms with van der Waals surface area (Å²) >= 11 is 0. The Bertz CT molecular complexity index is 452. The third-order valence-corrected chi connectivity index (χ3v) is 2.19. The summed E-state index contributed by atoms with van der Waals surface area (Å²) in [4.78, 5) is 11.5. The number of benzene rings is 1. The van der Waals surface area contributed by atoms with Crippen LogP contribution in [0.15, 0.2) is 24.3 Å². The average Bonchev–Trinajstić information content (AvgIpc) is 2.25. The summed E-state index contributed by atoms with van der Waals surface area (Å²) in [5, 5.41) is 4.57. The van der Waals surface area contributed by atoms with Gasteiger partial charge in [-0.3, -0.25) is 0 Å². The van der Waals surface area contributed by atoms with Crippen LogP contribution < -0.4 is 16.4 Å². The van der Waals surface area contributed by atoms with Crippen molar-refractivity contribution < 1.29 is 18.0 Å². The molecule has 7 heteroatoms. The fourth-order valence-corrected chi connectivity index (χ4v) is 1.31. The molecule has 0 spiro atoms. The summed E-state index contributed by atoms with van der Waals surface area (Å²) in [5.41, 5.74) is 3.83. The van der Waals surface area contributed by atoms with Gasteiger partial charge in [0.25, 0.3) is 0 Å². The normalized spacial score (nSPS) is 12.1. The van der Waals surface area contributed by atoms with Crippen LogP contribution in [0, 0.1) is 0 Å². The summed E-state index contributed by atoms with van der Waals surface area (Å²) in [6.07, 6.45) is -4.52. The molecule has 2 amide bonds. The molecule has 0 aliphatic carbocycles. The molecule has 1 aromatic rings. The van der Waals surface area contributed by atoms with Gasteiger partial charge < -0.3 is 16.4 Å². The highest BCUT2D eigenvalue weighted by molar-refractivity contribution is 5.90. The SMILES string of the molecule is CC(C)(N)CNC(=O)Nc1ccccc1C(F)(F)F. The quantitative estimate of drug-likeness (QED) is 0.793. The number of urea groups is 1. The zero-order valence-electron chi connectivity index (χ0n) is 10.6. The van der Waals surface area contributed by atoms with E-state index in [9.17, 15) is 18.0 Å². The minimum Gasteiger partial charge on any atom is -0.336 e. The smallest absolute Gasteiger partial charge is 0.336 e. The van der Waals surface area contributed by atoms with Crippen LogP contribution in [0.4, 0.5) is 23.7 Å². The summed E-state index contributed by atoms with van der Waals surface area (Å²) in [6.45, 7) is 3.53. The number of hydrogen-bond donors (Lipinski definition) is 3. The monoisotopic (exact) mass is 275 g/mol. The average molecular weight is 275 g/mol. The molecule has 0 saturated carbocycles. The van der Waals surface area contributed by atoms with Gasteiger partial charge in [0.2, 0.25) is 0 Å². The van der Waals surface area contributed by atoms with Crippen LogP contribution in [0.25, 0.3) is 0 Å². The van der Waals surface area contributed by atoms with Crippen molar-refractivity contribution in [3.8, 4) is 0 Å². The van der Waals surface area contributed by atoms with E-state index in [4.69, 9.17) is 5.73 Å². The molecule has 106 valence electrons. The van der Waals surface area contributed by atoms with Crippen molar-refractivity contribution >= 4 is 11.7 Å². The maximum absolute atomic E-state index is 12.7. The van der Waals surface area contributed by atoms with E-state index in [1.54, 1.807) is 13.8 Å². The van der Waals surface area contributed by atoms with Gasteiger partial charge in [0, 0.05) is 12.1 Å². The van der Waals surface area contributed by atoms with Crippen molar-refractivity contribution in [3.05, 3.63) is 29.8 Å². The number of halogens is 3. The molecule has 0 radical (unpaired) electrons. The number of nitrogens with two attached hydrogens (primary N) is 1. The zero-order valence-corrected chi connectivity index (χ0v) is 10.6. The fourth-order valence-electron chi connectivity index (χ4n) is 1.31. The van der Waals surface area contributed by atoms with Crippen molar-refractivity contribution in [2.24, 2.45) is 5.73 Å². The second-order valence-electron chi connectivity index (χ2n) is 4.84. The van der Waals surface area contributed by atoms with Gasteiger partial charge in [0.15, 0.2) is 0 Å². The summed E-state index contributed by atoms with van der Waals surface area (Å²) in [7, 11) is 0. The zero-order chi connectivity index (χ0) is 14.7. The van der Waals surface area contributed by atoms with Crippen molar-refractivity contribution in [1.29, 1.82) is 0 Å². The number of rotatable bonds is 3. The molecule has 0 heterocycles. The molecule has 4 nitrogen and oxygen atoms in total. The van der Waals surface area contributed by atoms with Gasteiger partial charge in [-0.2, -0.15) is 13.2 Å².